The van der Waals surface area contributed by atoms with Crippen LogP contribution in [0, 0.1) is 0 Å². The van der Waals surface area contributed by atoms with E-state index in [0.717, 1.165) is 43.8 Å². The van der Waals surface area contributed by atoms with Crippen LogP contribution < -0.4 is 0 Å². The van der Waals surface area contributed by atoms with Crippen LogP contribution in [0.3, 0.4) is 0 Å². The van der Waals surface area contributed by atoms with Crippen molar-refractivity contribution in [1.29, 1.82) is 0 Å². The van der Waals surface area contributed by atoms with E-state index in [1.807, 2.05) is 6.07 Å². The highest BCUT2D eigenvalue weighted by atomic mass is 15.0. The quantitative estimate of drug-likeness (QED) is 0.172. The van der Waals surface area contributed by atoms with E-state index in [1.54, 1.807) is 0 Å². The van der Waals surface area contributed by atoms with Gasteiger partial charge in [0.1, 0.15) is 0 Å². The maximum absolute atomic E-state index is 5.24. The number of hydrogen-bond donors (Lipinski definition) is 0. The highest BCUT2D eigenvalue weighted by Gasteiger charge is 2.17. The monoisotopic (exact) mass is 661 g/mol. The molecule has 0 aliphatic heterocycles. The normalized spacial score (nSPS) is 11.5. The van der Waals surface area contributed by atoms with Crippen molar-refractivity contribution in [2.45, 2.75) is 0 Å². The number of fused-ring (bicyclic) bond motifs is 4. The van der Waals surface area contributed by atoms with Gasteiger partial charge in [0.05, 0.1) is 0 Å². The largest absolute Gasteiger partial charge is 0.208 e. The van der Waals surface area contributed by atoms with Crippen molar-refractivity contribution in [3.63, 3.8) is 0 Å². The Kier molecular flexibility index (Phi) is 7.14. The van der Waals surface area contributed by atoms with Gasteiger partial charge in [-0.15, -0.1) is 0 Å². The van der Waals surface area contributed by atoms with Gasteiger partial charge in [0, 0.05) is 16.7 Å². The van der Waals surface area contributed by atoms with E-state index >= 15 is 0 Å². The maximum Gasteiger partial charge on any atom is 0.164 e. The molecule has 0 aliphatic carbocycles. The van der Waals surface area contributed by atoms with Gasteiger partial charge in [-0.1, -0.05) is 164 Å². The van der Waals surface area contributed by atoms with E-state index in [-0.39, 0.29) is 0 Å². The Labute approximate surface area is 301 Å². The molecule has 0 spiro atoms. The zero-order valence-electron chi connectivity index (χ0n) is 28.2. The lowest BCUT2D eigenvalue weighted by Crippen LogP contribution is -2.01. The lowest BCUT2D eigenvalue weighted by molar-refractivity contribution is 1.08. The summed E-state index contributed by atoms with van der Waals surface area (Å²) in [4.78, 5) is 15.6. The average Bonchev–Trinajstić information content (AvgIpc) is 3.22. The molecule has 0 saturated heterocycles. The molecular weight excluding hydrogens is 631 g/mol. The number of nitrogens with zero attached hydrogens (tertiary/aromatic N) is 3. The summed E-state index contributed by atoms with van der Waals surface area (Å²) < 4.78 is 0. The smallest absolute Gasteiger partial charge is 0.164 e. The molecule has 10 aromatic rings. The Morgan fingerprint density at radius 1 is 0.231 bits per heavy atom. The third-order valence-electron chi connectivity index (χ3n) is 10.1. The molecule has 1 heterocycles. The van der Waals surface area contributed by atoms with E-state index < -0.39 is 0 Å². The second-order valence-electron chi connectivity index (χ2n) is 13.3. The van der Waals surface area contributed by atoms with Crippen LogP contribution >= 0.6 is 0 Å². The Balaban J connectivity index is 1.14. The van der Waals surface area contributed by atoms with Crippen LogP contribution in [0.1, 0.15) is 0 Å². The standard InChI is InChI=1S/C49H31N3/c1-2-10-32(11-3-1)34-20-23-35(24-21-34)47-50-48(52-49(51-47)45-19-9-17-42-29-37-14-6-7-15-38(37)31-46(42)45)44-18-8-16-41-30-40(26-27-43(41)44)39-25-22-33-12-4-5-13-36(33)28-39/h1-31H. The van der Waals surface area contributed by atoms with E-state index in [1.165, 1.54) is 38.2 Å². The third-order valence-corrected chi connectivity index (χ3v) is 10.1. The molecule has 3 nitrogen and oxygen atoms in total. The van der Waals surface area contributed by atoms with Crippen molar-refractivity contribution in [2.24, 2.45) is 0 Å². The van der Waals surface area contributed by atoms with Gasteiger partial charge in [-0.05, 0) is 89.6 Å². The highest BCUT2D eigenvalue weighted by molar-refractivity contribution is 6.05. The third kappa shape index (κ3) is 5.37. The summed E-state index contributed by atoms with van der Waals surface area (Å²) in [6.45, 7) is 0. The maximum atomic E-state index is 5.24. The van der Waals surface area contributed by atoms with Gasteiger partial charge >= 0.3 is 0 Å². The molecule has 0 fully saturated rings. The van der Waals surface area contributed by atoms with E-state index in [9.17, 15) is 0 Å². The zero-order valence-corrected chi connectivity index (χ0v) is 28.2. The lowest BCUT2D eigenvalue weighted by atomic mass is 9.96. The predicted molar refractivity (Wildman–Crippen MR) is 217 cm³/mol. The minimum absolute atomic E-state index is 0.641. The van der Waals surface area contributed by atoms with Crippen LogP contribution in [0.15, 0.2) is 188 Å². The average molecular weight is 662 g/mol. The van der Waals surface area contributed by atoms with E-state index in [0.29, 0.717) is 17.5 Å². The van der Waals surface area contributed by atoms with Crippen LogP contribution in [0.5, 0.6) is 0 Å². The van der Waals surface area contributed by atoms with Crippen molar-refractivity contribution in [3.05, 3.63) is 188 Å². The molecule has 52 heavy (non-hydrogen) atoms. The zero-order chi connectivity index (χ0) is 34.4. The number of aromatic nitrogens is 3. The highest BCUT2D eigenvalue weighted by Crippen LogP contribution is 2.36. The summed E-state index contributed by atoms with van der Waals surface area (Å²) in [5.74, 6) is 1.94. The first-order valence-corrected chi connectivity index (χ1v) is 17.6. The molecular formula is C49H31N3. The molecule has 0 atom stereocenters. The lowest BCUT2D eigenvalue weighted by Gasteiger charge is -2.13. The minimum Gasteiger partial charge on any atom is -0.208 e. The number of rotatable bonds is 5. The van der Waals surface area contributed by atoms with E-state index in [4.69, 9.17) is 15.0 Å². The summed E-state index contributed by atoms with van der Waals surface area (Å²) in [5.41, 5.74) is 7.58. The van der Waals surface area contributed by atoms with Crippen LogP contribution in [-0.4, -0.2) is 15.0 Å². The SMILES string of the molecule is c1ccc(-c2ccc(-c3nc(-c4cccc5cc(-c6ccc7ccccc7c6)ccc45)nc(-c4cccc5cc6ccccc6cc45)n3)cc2)cc1. The molecule has 0 N–H and O–H groups in total. The second-order valence-corrected chi connectivity index (χ2v) is 13.3. The molecule has 0 amide bonds. The van der Waals surface area contributed by atoms with Crippen molar-refractivity contribution >= 4 is 43.1 Å². The molecule has 0 bridgehead atoms. The van der Waals surface area contributed by atoms with Crippen molar-refractivity contribution in [2.75, 3.05) is 0 Å². The van der Waals surface area contributed by atoms with Crippen LogP contribution in [0.4, 0.5) is 0 Å². The summed E-state index contributed by atoms with van der Waals surface area (Å²) in [5, 5.41) is 9.36. The van der Waals surface area contributed by atoms with Crippen LogP contribution in [-0.2, 0) is 0 Å². The fourth-order valence-corrected chi connectivity index (χ4v) is 7.38. The number of hydrogen-bond acceptors (Lipinski definition) is 3. The van der Waals surface area contributed by atoms with E-state index in [2.05, 4.69) is 182 Å². The molecule has 0 unspecified atom stereocenters. The predicted octanol–water partition coefficient (Wildman–Crippen LogP) is 12.8. The van der Waals surface area contributed by atoms with Crippen molar-refractivity contribution in [3.8, 4) is 56.4 Å². The molecule has 0 saturated carbocycles. The summed E-state index contributed by atoms with van der Waals surface area (Å²) in [6, 6.07) is 66.5. The van der Waals surface area contributed by atoms with Crippen LogP contribution in [0.25, 0.3) is 99.5 Å². The summed E-state index contributed by atoms with van der Waals surface area (Å²) >= 11 is 0. The van der Waals surface area contributed by atoms with Gasteiger partial charge in [0.25, 0.3) is 0 Å². The van der Waals surface area contributed by atoms with Crippen molar-refractivity contribution in [1.82, 2.24) is 15.0 Å². The van der Waals surface area contributed by atoms with Crippen LogP contribution in [0.2, 0.25) is 0 Å². The Hall–Kier alpha value is -6.97. The van der Waals surface area contributed by atoms with Gasteiger partial charge < -0.3 is 0 Å². The molecule has 10 rings (SSSR count). The van der Waals surface area contributed by atoms with Gasteiger partial charge in [-0.3, -0.25) is 0 Å². The number of benzene rings is 9. The van der Waals surface area contributed by atoms with Gasteiger partial charge in [0.2, 0.25) is 0 Å². The van der Waals surface area contributed by atoms with Crippen molar-refractivity contribution < 1.29 is 0 Å². The van der Waals surface area contributed by atoms with Gasteiger partial charge in [0.15, 0.2) is 17.5 Å². The molecule has 9 aromatic carbocycles. The summed E-state index contributed by atoms with van der Waals surface area (Å²) in [7, 11) is 0. The topological polar surface area (TPSA) is 38.7 Å². The first-order chi connectivity index (χ1) is 25.7. The fraction of sp³-hybridized carbons (Fsp3) is 0. The molecule has 0 radical (unpaired) electrons. The molecule has 242 valence electrons. The van der Waals surface area contributed by atoms with Gasteiger partial charge in [-0.2, -0.15) is 0 Å². The Morgan fingerprint density at radius 3 is 1.40 bits per heavy atom. The molecule has 1 aromatic heterocycles. The summed E-state index contributed by atoms with van der Waals surface area (Å²) in [6.07, 6.45) is 0. The minimum atomic E-state index is 0.641. The molecule has 3 heteroatoms. The first-order valence-electron chi connectivity index (χ1n) is 17.6. The Bertz CT molecular complexity index is 2950. The Morgan fingerprint density at radius 2 is 0.692 bits per heavy atom. The fourth-order valence-electron chi connectivity index (χ4n) is 7.38. The first kappa shape index (κ1) is 29.9. The second kappa shape index (κ2) is 12.4. The van der Waals surface area contributed by atoms with Gasteiger partial charge in [-0.25, -0.2) is 15.0 Å². The molecule has 0 aliphatic rings.